The minimum absolute atomic E-state index is 0.0540. The van der Waals surface area contributed by atoms with E-state index in [9.17, 15) is 9.59 Å². The minimum atomic E-state index is -1.07. The molecule has 20 heavy (non-hydrogen) atoms. The summed E-state index contributed by atoms with van der Waals surface area (Å²) in [6.07, 6.45) is 0. The van der Waals surface area contributed by atoms with Crippen molar-refractivity contribution in [2.75, 3.05) is 0 Å². The number of ether oxygens (including phenoxy) is 2. The molecule has 0 spiro atoms. The maximum absolute atomic E-state index is 12.5. The molecule has 1 aliphatic heterocycles. The van der Waals surface area contributed by atoms with Gasteiger partial charge in [-0.25, -0.2) is 4.79 Å². The fourth-order valence-electron chi connectivity index (χ4n) is 2.21. The van der Waals surface area contributed by atoms with Crippen LogP contribution >= 0.6 is 15.9 Å². The number of carbonyl (C=O) groups excluding carboxylic acids is 1. The number of cyclic esters (lactones) is 1. The Balaban J connectivity index is 2.41. The molecule has 2 aromatic rings. The number of halogens is 1. The molecule has 0 unspecified atom stereocenters. The summed E-state index contributed by atoms with van der Waals surface area (Å²) in [7, 11) is 0. The van der Waals surface area contributed by atoms with E-state index in [4.69, 9.17) is 9.47 Å². The summed E-state index contributed by atoms with van der Waals surface area (Å²) in [6, 6.07) is 8.64. The Morgan fingerprint density at radius 1 is 1.05 bits per heavy atom. The van der Waals surface area contributed by atoms with Gasteiger partial charge in [-0.2, -0.15) is 0 Å². The second kappa shape index (κ2) is 4.31. The average Bonchev–Trinajstić information content (AvgIpc) is 2.45. The van der Waals surface area contributed by atoms with Gasteiger partial charge in [0.15, 0.2) is 0 Å². The molecule has 0 bridgehead atoms. The van der Waals surface area contributed by atoms with Gasteiger partial charge in [0.1, 0.15) is 11.3 Å². The van der Waals surface area contributed by atoms with Gasteiger partial charge in [-0.05, 0) is 29.7 Å². The van der Waals surface area contributed by atoms with Crippen LogP contribution in [0, 0.1) is 0 Å². The second-order valence-electron chi connectivity index (χ2n) is 5.02. The summed E-state index contributed by atoms with van der Waals surface area (Å²) in [5.74, 6) is -1.47. The van der Waals surface area contributed by atoms with Crippen molar-refractivity contribution in [3.8, 4) is 5.75 Å². The van der Waals surface area contributed by atoms with Crippen molar-refractivity contribution in [3.63, 3.8) is 0 Å². The minimum Gasteiger partial charge on any atom is -0.452 e. The lowest BCUT2D eigenvalue weighted by Crippen LogP contribution is -2.40. The first kappa shape index (κ1) is 13.1. The predicted molar refractivity (Wildman–Crippen MR) is 78.0 cm³/mol. The summed E-state index contributed by atoms with van der Waals surface area (Å²) in [6.45, 7) is 3.25. The molecular formula is C15H11BrO4. The molecule has 1 heterocycles. The van der Waals surface area contributed by atoms with E-state index in [1.54, 1.807) is 38.1 Å². The molecule has 4 nitrogen and oxygen atoms in total. The number of hydrogen-bond donors (Lipinski definition) is 0. The van der Waals surface area contributed by atoms with Gasteiger partial charge in [0, 0.05) is 23.7 Å². The molecule has 1 aliphatic rings. The third-order valence-electron chi connectivity index (χ3n) is 3.04. The van der Waals surface area contributed by atoms with Crippen molar-refractivity contribution in [1.29, 1.82) is 0 Å². The van der Waals surface area contributed by atoms with Crippen LogP contribution in [0.2, 0.25) is 0 Å². The van der Waals surface area contributed by atoms with Gasteiger partial charge in [-0.3, -0.25) is 4.79 Å². The van der Waals surface area contributed by atoms with E-state index in [1.807, 2.05) is 6.07 Å². The molecule has 0 fully saturated rings. The molecule has 5 heteroatoms. The molecule has 0 aliphatic carbocycles. The number of rotatable bonds is 0. The Morgan fingerprint density at radius 3 is 2.55 bits per heavy atom. The maximum Gasteiger partial charge on any atom is 0.349 e. The lowest BCUT2D eigenvalue weighted by molar-refractivity contribution is -0.127. The highest BCUT2D eigenvalue weighted by Gasteiger charge is 2.35. The Labute approximate surface area is 123 Å². The Hall–Kier alpha value is -1.88. The predicted octanol–water partition coefficient (Wildman–Crippen LogP) is 3.25. The van der Waals surface area contributed by atoms with E-state index in [0.29, 0.717) is 5.39 Å². The molecule has 102 valence electrons. The van der Waals surface area contributed by atoms with Crippen molar-refractivity contribution in [3.05, 3.63) is 50.6 Å². The van der Waals surface area contributed by atoms with Gasteiger partial charge >= 0.3 is 5.97 Å². The quantitative estimate of drug-likeness (QED) is 0.694. The van der Waals surface area contributed by atoms with Crippen LogP contribution in [0.25, 0.3) is 10.8 Å². The third-order valence-corrected chi connectivity index (χ3v) is 3.54. The summed E-state index contributed by atoms with van der Waals surface area (Å²) in [4.78, 5) is 24.6. The van der Waals surface area contributed by atoms with Gasteiger partial charge in [0.2, 0.25) is 11.2 Å². The molecule has 2 aromatic carbocycles. The van der Waals surface area contributed by atoms with E-state index in [0.717, 1.165) is 9.86 Å². The van der Waals surface area contributed by atoms with Crippen LogP contribution in [-0.2, 0) is 4.74 Å². The molecular weight excluding hydrogens is 324 g/mol. The van der Waals surface area contributed by atoms with Gasteiger partial charge in [0.05, 0.1) is 0 Å². The van der Waals surface area contributed by atoms with E-state index in [-0.39, 0.29) is 16.7 Å². The van der Waals surface area contributed by atoms with E-state index in [2.05, 4.69) is 15.9 Å². The third kappa shape index (κ3) is 2.08. The topological polar surface area (TPSA) is 52.6 Å². The van der Waals surface area contributed by atoms with Crippen LogP contribution in [0.3, 0.4) is 0 Å². The number of carbonyl (C=O) groups is 1. The van der Waals surface area contributed by atoms with Gasteiger partial charge in [-0.15, -0.1) is 0 Å². The number of benzene rings is 1. The molecule has 0 saturated heterocycles. The van der Waals surface area contributed by atoms with Crippen LogP contribution < -0.4 is 10.2 Å². The van der Waals surface area contributed by atoms with Crippen molar-refractivity contribution < 1.29 is 14.3 Å². The summed E-state index contributed by atoms with van der Waals surface area (Å²) < 4.78 is 11.6. The fourth-order valence-corrected chi connectivity index (χ4v) is 2.59. The number of fused-ring (bicyclic) bond motifs is 2. The van der Waals surface area contributed by atoms with Crippen LogP contribution in [0.15, 0.2) is 39.6 Å². The maximum atomic E-state index is 12.5. The van der Waals surface area contributed by atoms with Crippen LogP contribution in [-0.4, -0.2) is 11.8 Å². The largest absolute Gasteiger partial charge is 0.452 e. The second-order valence-corrected chi connectivity index (χ2v) is 5.94. The average molecular weight is 335 g/mol. The van der Waals surface area contributed by atoms with Gasteiger partial charge < -0.3 is 9.47 Å². The van der Waals surface area contributed by atoms with Crippen molar-refractivity contribution in [2.24, 2.45) is 0 Å². The highest BCUT2D eigenvalue weighted by Crippen LogP contribution is 2.30. The lowest BCUT2D eigenvalue weighted by atomic mass is 10.1. The molecule has 0 N–H and O–H groups in total. The zero-order chi connectivity index (χ0) is 14.5. The molecule has 0 radical (unpaired) electrons. The first-order valence-corrected chi connectivity index (χ1v) is 6.86. The SMILES string of the molecule is CC1(C)OC(=O)c2c(ccc3cc(Br)ccc3c2=O)O1. The van der Waals surface area contributed by atoms with Crippen LogP contribution in [0.5, 0.6) is 5.75 Å². The molecule has 0 amide bonds. The molecule has 0 atom stereocenters. The van der Waals surface area contributed by atoms with Crippen molar-refractivity contribution in [2.45, 2.75) is 19.6 Å². The summed E-state index contributed by atoms with van der Waals surface area (Å²) in [5.41, 5.74) is -0.436. The number of hydrogen-bond acceptors (Lipinski definition) is 4. The standard InChI is InChI=1S/C15H11BrO4/c1-15(2)19-11-6-3-8-7-9(16)4-5-10(8)13(17)12(11)14(18)20-15/h3-7H,1-2H3. The zero-order valence-electron chi connectivity index (χ0n) is 10.9. The fraction of sp³-hybridized carbons (Fsp3) is 0.200. The smallest absolute Gasteiger partial charge is 0.349 e. The number of esters is 1. The first-order valence-electron chi connectivity index (χ1n) is 6.06. The zero-order valence-corrected chi connectivity index (χ0v) is 12.5. The molecule has 3 rings (SSSR count). The van der Waals surface area contributed by atoms with Crippen LogP contribution in [0.4, 0.5) is 0 Å². The van der Waals surface area contributed by atoms with Crippen molar-refractivity contribution >= 4 is 32.7 Å². The Kier molecular flexibility index (Phi) is 2.83. The van der Waals surface area contributed by atoms with Crippen molar-refractivity contribution in [1.82, 2.24) is 0 Å². The summed E-state index contributed by atoms with van der Waals surface area (Å²) in [5, 5.41) is 1.18. The highest BCUT2D eigenvalue weighted by atomic mass is 79.9. The van der Waals surface area contributed by atoms with Gasteiger partial charge in [-0.1, -0.05) is 22.0 Å². The van der Waals surface area contributed by atoms with E-state index in [1.165, 1.54) is 0 Å². The first-order chi connectivity index (χ1) is 9.37. The van der Waals surface area contributed by atoms with Crippen LogP contribution in [0.1, 0.15) is 24.2 Å². The normalized spacial score (nSPS) is 16.2. The highest BCUT2D eigenvalue weighted by molar-refractivity contribution is 9.10. The lowest BCUT2D eigenvalue weighted by Gasteiger charge is -2.30. The molecule has 0 saturated carbocycles. The molecule has 0 aromatic heterocycles. The van der Waals surface area contributed by atoms with E-state index >= 15 is 0 Å². The Morgan fingerprint density at radius 2 is 1.80 bits per heavy atom. The van der Waals surface area contributed by atoms with Gasteiger partial charge in [0.25, 0.3) is 0 Å². The summed E-state index contributed by atoms with van der Waals surface area (Å²) >= 11 is 3.36. The monoisotopic (exact) mass is 334 g/mol. The Bertz CT molecular complexity index is 796. The van der Waals surface area contributed by atoms with E-state index < -0.39 is 11.8 Å².